The molecule has 5 rings (SSSR count). The fourth-order valence-corrected chi connectivity index (χ4v) is 4.01. The normalized spacial score (nSPS) is 24.0. The van der Waals surface area contributed by atoms with Gasteiger partial charge in [0.15, 0.2) is 11.4 Å². The molecule has 0 aromatic heterocycles. The number of nitro benzene ring substituents is 1. The van der Waals surface area contributed by atoms with Crippen LogP contribution in [0.2, 0.25) is 0 Å². The Morgan fingerprint density at radius 1 is 1.11 bits per heavy atom. The van der Waals surface area contributed by atoms with Crippen molar-refractivity contribution in [1.82, 2.24) is 0 Å². The highest BCUT2D eigenvalue weighted by atomic mass is 16.6. The maximum atomic E-state index is 12.6. The summed E-state index contributed by atoms with van der Waals surface area (Å²) in [5, 5.41) is 21.2. The number of esters is 1. The molecule has 2 aromatic carbocycles. The monoisotopic (exact) mass is 377 g/mol. The van der Waals surface area contributed by atoms with Gasteiger partial charge in [-0.3, -0.25) is 14.9 Å². The van der Waals surface area contributed by atoms with E-state index >= 15 is 0 Å². The Morgan fingerprint density at radius 2 is 1.93 bits per heavy atom. The molecule has 2 aliphatic heterocycles. The van der Waals surface area contributed by atoms with Crippen LogP contribution in [-0.4, -0.2) is 21.8 Å². The minimum absolute atomic E-state index is 0.0748. The molecule has 1 spiro atoms. The van der Waals surface area contributed by atoms with Gasteiger partial charge in [-0.2, -0.15) is 0 Å². The second-order valence-corrected chi connectivity index (χ2v) is 6.68. The van der Waals surface area contributed by atoms with Crippen molar-refractivity contribution in [1.29, 1.82) is 0 Å². The van der Waals surface area contributed by atoms with E-state index in [2.05, 4.69) is 0 Å². The standard InChI is InChI=1S/C20H11NO7/c22-11-2-5-14-17(8-11)27-18-9-12(23)3-6-15(18)20(14)16-7-10(21(25)26)1-4-13(16)19(24)28-20/h1-9,14,23H/t14-,20+/m0/s1. The number of hydrogen-bond donors (Lipinski definition) is 1. The molecular weight excluding hydrogens is 366 g/mol. The molecule has 138 valence electrons. The lowest BCUT2D eigenvalue weighted by molar-refractivity contribution is -0.385. The van der Waals surface area contributed by atoms with Crippen LogP contribution < -0.4 is 4.74 Å². The molecule has 8 nitrogen and oxygen atoms in total. The van der Waals surface area contributed by atoms with E-state index in [4.69, 9.17) is 9.47 Å². The smallest absolute Gasteiger partial charge is 0.339 e. The second kappa shape index (κ2) is 5.29. The Morgan fingerprint density at radius 3 is 2.71 bits per heavy atom. The van der Waals surface area contributed by atoms with Gasteiger partial charge in [-0.15, -0.1) is 0 Å². The molecule has 0 amide bonds. The minimum atomic E-state index is -1.44. The Labute approximate surface area is 157 Å². The molecule has 2 atom stereocenters. The van der Waals surface area contributed by atoms with Crippen LogP contribution in [0.25, 0.3) is 0 Å². The summed E-state index contributed by atoms with van der Waals surface area (Å²) >= 11 is 0. The number of benzene rings is 2. The van der Waals surface area contributed by atoms with Gasteiger partial charge in [0.1, 0.15) is 17.3 Å². The van der Waals surface area contributed by atoms with E-state index < -0.39 is 22.4 Å². The summed E-state index contributed by atoms with van der Waals surface area (Å²) in [6.45, 7) is 0. The van der Waals surface area contributed by atoms with Crippen molar-refractivity contribution in [3.63, 3.8) is 0 Å². The van der Waals surface area contributed by atoms with Gasteiger partial charge in [-0.05, 0) is 24.3 Å². The summed E-state index contributed by atoms with van der Waals surface area (Å²) in [4.78, 5) is 35.3. The molecule has 0 radical (unpaired) electrons. The van der Waals surface area contributed by atoms with E-state index in [0.29, 0.717) is 11.1 Å². The number of nitro groups is 1. The van der Waals surface area contributed by atoms with Gasteiger partial charge in [0.05, 0.1) is 16.4 Å². The first-order valence-corrected chi connectivity index (χ1v) is 8.37. The lowest BCUT2D eigenvalue weighted by Gasteiger charge is -2.42. The van der Waals surface area contributed by atoms with Gasteiger partial charge < -0.3 is 14.6 Å². The van der Waals surface area contributed by atoms with E-state index in [1.807, 2.05) is 0 Å². The fraction of sp³-hybridized carbons (Fsp3) is 0.100. The van der Waals surface area contributed by atoms with Crippen LogP contribution in [0.15, 0.2) is 60.4 Å². The van der Waals surface area contributed by atoms with Crippen LogP contribution in [0.5, 0.6) is 11.5 Å². The number of non-ortho nitro benzene ring substituents is 1. The molecule has 2 heterocycles. The molecule has 28 heavy (non-hydrogen) atoms. The Hall–Kier alpha value is -3.94. The maximum Gasteiger partial charge on any atom is 0.339 e. The number of ketones is 1. The van der Waals surface area contributed by atoms with Crippen molar-refractivity contribution in [2.45, 2.75) is 5.60 Å². The highest BCUT2D eigenvalue weighted by Crippen LogP contribution is 2.57. The Balaban J connectivity index is 1.86. The predicted molar refractivity (Wildman–Crippen MR) is 93.7 cm³/mol. The van der Waals surface area contributed by atoms with Crippen molar-refractivity contribution >= 4 is 17.4 Å². The fourth-order valence-electron chi connectivity index (χ4n) is 4.01. The molecule has 0 saturated heterocycles. The summed E-state index contributed by atoms with van der Waals surface area (Å²) in [6, 6.07) is 8.23. The summed E-state index contributed by atoms with van der Waals surface area (Å²) < 4.78 is 11.6. The molecule has 1 N–H and O–H groups in total. The lowest BCUT2D eigenvalue weighted by atomic mass is 9.71. The van der Waals surface area contributed by atoms with E-state index in [-0.39, 0.29) is 34.3 Å². The van der Waals surface area contributed by atoms with Crippen molar-refractivity contribution in [3.8, 4) is 11.5 Å². The number of hydrogen-bond acceptors (Lipinski definition) is 7. The van der Waals surface area contributed by atoms with E-state index in [0.717, 1.165) is 0 Å². The molecule has 0 bridgehead atoms. The number of ether oxygens (including phenoxy) is 2. The first-order chi connectivity index (χ1) is 13.4. The van der Waals surface area contributed by atoms with Crippen molar-refractivity contribution in [2.24, 2.45) is 5.92 Å². The largest absolute Gasteiger partial charge is 0.508 e. The van der Waals surface area contributed by atoms with Gasteiger partial charge >= 0.3 is 5.97 Å². The van der Waals surface area contributed by atoms with Gasteiger partial charge in [0.25, 0.3) is 5.69 Å². The Bertz CT molecular complexity index is 1160. The molecule has 0 fully saturated rings. The van der Waals surface area contributed by atoms with Crippen LogP contribution in [0.3, 0.4) is 0 Å². The predicted octanol–water partition coefficient (Wildman–Crippen LogP) is 2.75. The van der Waals surface area contributed by atoms with Gasteiger partial charge in [-0.25, -0.2) is 4.79 Å². The van der Waals surface area contributed by atoms with Crippen molar-refractivity contribution < 1.29 is 29.1 Å². The number of carbonyl (C=O) groups is 2. The van der Waals surface area contributed by atoms with Crippen LogP contribution in [-0.2, 0) is 15.1 Å². The quantitative estimate of drug-likeness (QED) is 0.461. The number of phenolic OH excluding ortho intramolecular Hbond substituents is 1. The molecule has 3 aliphatic rings. The molecule has 2 aromatic rings. The first kappa shape index (κ1) is 16.2. The van der Waals surface area contributed by atoms with Gasteiger partial charge in [0, 0.05) is 35.4 Å². The zero-order valence-corrected chi connectivity index (χ0v) is 14.1. The molecule has 8 heteroatoms. The van der Waals surface area contributed by atoms with Crippen molar-refractivity contribution in [3.05, 3.63) is 87.2 Å². The van der Waals surface area contributed by atoms with Crippen LogP contribution in [0, 0.1) is 16.0 Å². The Kier molecular flexibility index (Phi) is 3.07. The summed E-state index contributed by atoms with van der Waals surface area (Å²) in [5.41, 5.74) is -0.681. The lowest BCUT2D eigenvalue weighted by Crippen LogP contribution is -2.42. The maximum absolute atomic E-state index is 12.6. The highest BCUT2D eigenvalue weighted by Gasteiger charge is 2.58. The minimum Gasteiger partial charge on any atom is -0.508 e. The number of rotatable bonds is 1. The zero-order chi connectivity index (χ0) is 19.6. The van der Waals surface area contributed by atoms with Gasteiger partial charge in [0.2, 0.25) is 0 Å². The second-order valence-electron chi connectivity index (χ2n) is 6.68. The van der Waals surface area contributed by atoms with Crippen LogP contribution in [0.4, 0.5) is 5.69 Å². The molecule has 1 aliphatic carbocycles. The van der Waals surface area contributed by atoms with Crippen LogP contribution in [0.1, 0.15) is 21.5 Å². The third kappa shape index (κ3) is 1.99. The van der Waals surface area contributed by atoms with Crippen molar-refractivity contribution in [2.75, 3.05) is 0 Å². The third-order valence-corrected chi connectivity index (χ3v) is 5.16. The topological polar surface area (TPSA) is 116 Å². The van der Waals surface area contributed by atoms with E-state index in [1.54, 1.807) is 12.1 Å². The SMILES string of the molecule is O=C1C=C[C@H]2C(=C1)Oc1cc(O)ccc1[C@]21OC(=O)c2ccc([N+](=O)[O-])cc21. The number of nitrogens with zero attached hydrogens (tertiary/aromatic N) is 1. The van der Waals surface area contributed by atoms with Gasteiger partial charge in [-0.1, -0.05) is 6.08 Å². The third-order valence-electron chi connectivity index (χ3n) is 5.16. The summed E-state index contributed by atoms with van der Waals surface area (Å²) in [6.07, 6.45) is 4.19. The molecular formula is C20H11NO7. The average Bonchev–Trinajstić information content (AvgIpc) is 2.94. The average molecular weight is 377 g/mol. The zero-order valence-electron chi connectivity index (χ0n) is 14.1. The van der Waals surface area contributed by atoms with E-state index in [9.17, 15) is 24.8 Å². The number of phenols is 1. The molecule has 0 unspecified atom stereocenters. The first-order valence-electron chi connectivity index (χ1n) is 8.37. The number of carbonyl (C=O) groups excluding carboxylic acids is 2. The molecule has 0 saturated carbocycles. The number of allylic oxidation sites excluding steroid dienone is 2. The van der Waals surface area contributed by atoms with Crippen LogP contribution >= 0.6 is 0 Å². The summed E-state index contributed by atoms with van der Waals surface area (Å²) in [7, 11) is 0. The number of fused-ring (bicyclic) bond motifs is 6. The van der Waals surface area contributed by atoms with E-state index in [1.165, 1.54) is 42.5 Å². The number of aromatic hydroxyl groups is 1. The summed E-state index contributed by atoms with van der Waals surface area (Å²) in [5.74, 6) is -1.25. The highest BCUT2D eigenvalue weighted by molar-refractivity contribution is 6.01.